The highest BCUT2D eigenvalue weighted by Gasteiger charge is 2.21. The lowest BCUT2D eigenvalue weighted by molar-refractivity contribution is -0.119. The molecule has 0 aliphatic rings. The van der Waals surface area contributed by atoms with Gasteiger partial charge in [0, 0.05) is 12.3 Å². The normalized spacial score (nSPS) is 11.3. The summed E-state index contributed by atoms with van der Waals surface area (Å²) in [4.78, 5) is 12.2. The van der Waals surface area contributed by atoms with E-state index in [2.05, 4.69) is 5.32 Å². The Hall–Kier alpha value is -1.93. The number of sulfonamides is 1. The largest absolute Gasteiger partial charge is 0.468 e. The van der Waals surface area contributed by atoms with Gasteiger partial charge in [-0.3, -0.25) is 9.10 Å². The van der Waals surface area contributed by atoms with Gasteiger partial charge in [-0.05, 0) is 49.2 Å². The zero-order chi connectivity index (χ0) is 19.2. The van der Waals surface area contributed by atoms with Gasteiger partial charge in [0.1, 0.15) is 12.3 Å². The van der Waals surface area contributed by atoms with Crippen molar-refractivity contribution in [1.29, 1.82) is 0 Å². The standard InChI is InChI=1S/C18H24N2O4S2/c1-14-6-7-16(11-15(14)2)20(26(3,22)23)12-18(21)19-8-10-25-13-17-5-4-9-24-17/h4-7,9,11H,8,10,12-13H2,1-3H3,(H,19,21). The van der Waals surface area contributed by atoms with E-state index in [9.17, 15) is 13.2 Å². The molecule has 1 heterocycles. The molecule has 0 unspecified atom stereocenters. The van der Waals surface area contributed by atoms with Crippen molar-refractivity contribution in [3.8, 4) is 0 Å². The molecule has 6 nitrogen and oxygen atoms in total. The topological polar surface area (TPSA) is 79.6 Å². The molecule has 0 saturated heterocycles. The van der Waals surface area contributed by atoms with Crippen molar-refractivity contribution in [2.24, 2.45) is 0 Å². The average molecular weight is 397 g/mol. The Kier molecular flexibility index (Phi) is 7.16. The minimum atomic E-state index is -3.55. The van der Waals surface area contributed by atoms with Crippen LogP contribution in [-0.2, 0) is 20.6 Å². The van der Waals surface area contributed by atoms with Crippen molar-refractivity contribution in [2.45, 2.75) is 19.6 Å². The summed E-state index contributed by atoms with van der Waals surface area (Å²) in [5.41, 5.74) is 2.55. The molecule has 0 aliphatic carbocycles. The number of anilines is 1. The van der Waals surface area contributed by atoms with Crippen molar-refractivity contribution >= 4 is 33.4 Å². The highest BCUT2D eigenvalue weighted by Crippen LogP contribution is 2.21. The number of nitrogens with zero attached hydrogens (tertiary/aromatic N) is 1. The van der Waals surface area contributed by atoms with E-state index in [0.717, 1.165) is 39.0 Å². The molecule has 2 aromatic rings. The SMILES string of the molecule is Cc1ccc(N(CC(=O)NCCSCc2ccco2)S(C)(=O)=O)cc1C. The van der Waals surface area contributed by atoms with E-state index in [-0.39, 0.29) is 12.5 Å². The molecule has 0 bridgehead atoms. The summed E-state index contributed by atoms with van der Waals surface area (Å²) in [6, 6.07) is 9.09. The molecule has 1 N–H and O–H groups in total. The summed E-state index contributed by atoms with van der Waals surface area (Å²) in [5.74, 6) is 2.02. The lowest BCUT2D eigenvalue weighted by atomic mass is 10.1. The van der Waals surface area contributed by atoms with Gasteiger partial charge in [-0.25, -0.2) is 8.42 Å². The number of hydrogen-bond donors (Lipinski definition) is 1. The Balaban J connectivity index is 1.87. The number of carbonyl (C=O) groups is 1. The van der Waals surface area contributed by atoms with Crippen LogP contribution < -0.4 is 9.62 Å². The number of furan rings is 1. The molecule has 1 amide bonds. The van der Waals surface area contributed by atoms with Gasteiger partial charge in [0.15, 0.2) is 0 Å². The lowest BCUT2D eigenvalue weighted by Crippen LogP contribution is -2.41. The highest BCUT2D eigenvalue weighted by molar-refractivity contribution is 7.98. The number of nitrogens with one attached hydrogen (secondary N) is 1. The Bertz CT molecular complexity index is 833. The molecule has 2 rings (SSSR count). The van der Waals surface area contributed by atoms with Crippen LogP contribution in [-0.4, -0.2) is 39.4 Å². The molecular weight excluding hydrogens is 372 g/mol. The van der Waals surface area contributed by atoms with Gasteiger partial charge in [0.2, 0.25) is 15.9 Å². The second-order valence-corrected chi connectivity index (χ2v) is 9.03. The van der Waals surface area contributed by atoms with E-state index in [4.69, 9.17) is 4.42 Å². The van der Waals surface area contributed by atoms with Crippen molar-refractivity contribution in [3.63, 3.8) is 0 Å². The Labute approximate surface area is 159 Å². The molecule has 0 spiro atoms. The second-order valence-electron chi connectivity index (χ2n) is 6.02. The van der Waals surface area contributed by atoms with Crippen LogP contribution in [0.2, 0.25) is 0 Å². The minimum Gasteiger partial charge on any atom is -0.468 e. The van der Waals surface area contributed by atoms with Crippen LogP contribution >= 0.6 is 11.8 Å². The van der Waals surface area contributed by atoms with Crippen LogP contribution in [0, 0.1) is 13.8 Å². The third-order valence-electron chi connectivity index (χ3n) is 3.86. The predicted octanol–water partition coefficient (Wildman–Crippen LogP) is 2.71. The van der Waals surface area contributed by atoms with Gasteiger partial charge in [0.25, 0.3) is 0 Å². The molecule has 0 atom stereocenters. The van der Waals surface area contributed by atoms with E-state index in [1.54, 1.807) is 30.2 Å². The van der Waals surface area contributed by atoms with Crippen molar-refractivity contribution in [1.82, 2.24) is 5.32 Å². The van der Waals surface area contributed by atoms with Gasteiger partial charge in [-0.15, -0.1) is 0 Å². The summed E-state index contributed by atoms with van der Waals surface area (Å²) in [5, 5.41) is 2.76. The van der Waals surface area contributed by atoms with E-state index < -0.39 is 10.0 Å². The molecule has 0 radical (unpaired) electrons. The average Bonchev–Trinajstić information content (AvgIpc) is 3.07. The molecule has 0 fully saturated rings. The van der Waals surface area contributed by atoms with E-state index in [0.29, 0.717) is 12.2 Å². The van der Waals surface area contributed by atoms with E-state index >= 15 is 0 Å². The summed E-state index contributed by atoms with van der Waals surface area (Å²) < 4.78 is 30.6. The van der Waals surface area contributed by atoms with Crippen LogP contribution in [0.25, 0.3) is 0 Å². The maximum atomic E-state index is 12.2. The van der Waals surface area contributed by atoms with Crippen molar-refractivity contribution < 1.29 is 17.6 Å². The fraction of sp³-hybridized carbons (Fsp3) is 0.389. The summed E-state index contributed by atoms with van der Waals surface area (Å²) in [6.45, 7) is 4.10. The molecule has 1 aromatic heterocycles. The lowest BCUT2D eigenvalue weighted by Gasteiger charge is -2.22. The maximum absolute atomic E-state index is 12.2. The Morgan fingerprint density at radius 1 is 1.23 bits per heavy atom. The first-order valence-corrected chi connectivity index (χ1v) is 11.2. The van der Waals surface area contributed by atoms with Crippen molar-refractivity contribution in [3.05, 3.63) is 53.5 Å². The first-order valence-electron chi connectivity index (χ1n) is 8.19. The van der Waals surface area contributed by atoms with Crippen LogP contribution in [0.3, 0.4) is 0 Å². The number of carbonyl (C=O) groups excluding carboxylic acids is 1. The number of hydrogen-bond acceptors (Lipinski definition) is 5. The zero-order valence-electron chi connectivity index (χ0n) is 15.2. The summed E-state index contributed by atoms with van der Waals surface area (Å²) in [7, 11) is -3.55. The molecule has 0 saturated carbocycles. The molecule has 1 aromatic carbocycles. The molecule has 26 heavy (non-hydrogen) atoms. The number of amides is 1. The first kappa shape index (κ1) is 20.4. The number of aryl methyl sites for hydroxylation is 2. The van der Waals surface area contributed by atoms with E-state index in [1.807, 2.05) is 32.0 Å². The Morgan fingerprint density at radius 2 is 2.00 bits per heavy atom. The maximum Gasteiger partial charge on any atom is 0.240 e. The number of benzene rings is 1. The predicted molar refractivity (Wildman–Crippen MR) is 106 cm³/mol. The first-order chi connectivity index (χ1) is 12.3. The number of thioether (sulfide) groups is 1. The van der Waals surface area contributed by atoms with Gasteiger partial charge in [0.05, 0.1) is 24.0 Å². The van der Waals surface area contributed by atoms with Crippen LogP contribution in [0.1, 0.15) is 16.9 Å². The highest BCUT2D eigenvalue weighted by atomic mass is 32.2. The van der Waals surface area contributed by atoms with Gasteiger partial charge in [-0.1, -0.05) is 6.07 Å². The smallest absolute Gasteiger partial charge is 0.240 e. The quantitative estimate of drug-likeness (QED) is 0.659. The third-order valence-corrected chi connectivity index (χ3v) is 5.98. The number of rotatable bonds is 9. The van der Waals surface area contributed by atoms with Gasteiger partial charge < -0.3 is 9.73 Å². The summed E-state index contributed by atoms with van der Waals surface area (Å²) in [6.07, 6.45) is 2.74. The molecule has 8 heteroatoms. The van der Waals surface area contributed by atoms with Crippen LogP contribution in [0.15, 0.2) is 41.0 Å². The fourth-order valence-corrected chi connectivity index (χ4v) is 3.90. The minimum absolute atomic E-state index is 0.232. The van der Waals surface area contributed by atoms with Crippen molar-refractivity contribution in [2.75, 3.05) is 29.4 Å². The Morgan fingerprint density at radius 3 is 2.62 bits per heavy atom. The zero-order valence-corrected chi connectivity index (χ0v) is 16.8. The summed E-state index contributed by atoms with van der Waals surface area (Å²) >= 11 is 1.64. The molecule has 142 valence electrons. The molecule has 0 aliphatic heterocycles. The molecular formula is C18H24N2O4S2. The van der Waals surface area contributed by atoms with Gasteiger partial charge >= 0.3 is 0 Å². The van der Waals surface area contributed by atoms with Crippen LogP contribution in [0.4, 0.5) is 5.69 Å². The van der Waals surface area contributed by atoms with Crippen LogP contribution in [0.5, 0.6) is 0 Å². The second kappa shape index (κ2) is 9.14. The van der Waals surface area contributed by atoms with E-state index in [1.165, 1.54) is 0 Å². The van der Waals surface area contributed by atoms with Gasteiger partial charge in [-0.2, -0.15) is 11.8 Å². The fourth-order valence-electron chi connectivity index (χ4n) is 2.30. The third kappa shape index (κ3) is 6.10. The monoisotopic (exact) mass is 396 g/mol.